The first kappa shape index (κ1) is 22.0. The number of rotatable bonds is 8. The van der Waals surface area contributed by atoms with Crippen molar-refractivity contribution in [1.82, 2.24) is 10.2 Å². The zero-order valence-corrected chi connectivity index (χ0v) is 16.9. The summed E-state index contributed by atoms with van der Waals surface area (Å²) in [4.78, 5) is 15.0. The lowest BCUT2D eigenvalue weighted by molar-refractivity contribution is -0.134. The number of piperidine rings is 1. The van der Waals surface area contributed by atoms with Gasteiger partial charge in [0, 0.05) is 19.0 Å². The number of carbonyl (C=O) groups excluding carboxylic acids is 1. The van der Waals surface area contributed by atoms with Crippen LogP contribution in [0.25, 0.3) is 0 Å². The Kier molecular flexibility index (Phi) is 10.1. The molecular weight excluding hydrogens is 332 g/mol. The number of nitrogens with one attached hydrogen (secondary N) is 1. The summed E-state index contributed by atoms with van der Waals surface area (Å²) in [5, 5.41) is 3.42. The molecule has 0 radical (unpaired) electrons. The van der Waals surface area contributed by atoms with E-state index in [0.29, 0.717) is 30.2 Å². The first-order valence-corrected chi connectivity index (χ1v) is 9.69. The maximum atomic E-state index is 12.9. The van der Waals surface area contributed by atoms with Gasteiger partial charge in [-0.05, 0) is 63.1 Å². The molecule has 2 atom stereocenters. The zero-order chi connectivity index (χ0) is 17.4. The van der Waals surface area contributed by atoms with E-state index in [9.17, 15) is 4.79 Å². The molecule has 2 unspecified atom stereocenters. The molecule has 0 bridgehead atoms. The van der Waals surface area contributed by atoms with Gasteiger partial charge < -0.3 is 10.2 Å². The second-order valence-electron chi connectivity index (χ2n) is 7.20. The van der Waals surface area contributed by atoms with E-state index in [1.165, 1.54) is 18.4 Å². The van der Waals surface area contributed by atoms with Crippen molar-refractivity contribution in [3.05, 3.63) is 35.9 Å². The molecule has 0 spiro atoms. The van der Waals surface area contributed by atoms with E-state index in [2.05, 4.69) is 55.3 Å². The smallest absolute Gasteiger partial charge is 0.223 e. The van der Waals surface area contributed by atoms with Crippen LogP contribution < -0.4 is 5.32 Å². The summed E-state index contributed by atoms with van der Waals surface area (Å²) in [5.41, 5.74) is 1.32. The molecule has 2 rings (SSSR count). The fourth-order valence-corrected chi connectivity index (χ4v) is 3.97. The highest BCUT2D eigenvalue weighted by Gasteiger charge is 2.26. The molecule has 142 valence electrons. The quantitative estimate of drug-likeness (QED) is 0.743. The maximum Gasteiger partial charge on any atom is 0.223 e. The van der Waals surface area contributed by atoms with Crippen LogP contribution in [0.3, 0.4) is 0 Å². The van der Waals surface area contributed by atoms with Crippen molar-refractivity contribution in [2.75, 3.05) is 19.6 Å². The van der Waals surface area contributed by atoms with Crippen LogP contribution in [0, 0.1) is 11.8 Å². The van der Waals surface area contributed by atoms with Crippen molar-refractivity contribution >= 4 is 18.3 Å². The van der Waals surface area contributed by atoms with Gasteiger partial charge >= 0.3 is 0 Å². The Hall–Kier alpha value is -1.06. The predicted molar refractivity (Wildman–Crippen MR) is 108 cm³/mol. The lowest BCUT2D eigenvalue weighted by Crippen LogP contribution is -2.42. The first-order valence-electron chi connectivity index (χ1n) is 9.69. The number of hydrogen-bond donors (Lipinski definition) is 1. The molecule has 1 aliphatic rings. The fourth-order valence-electron chi connectivity index (χ4n) is 3.97. The molecule has 1 saturated heterocycles. The van der Waals surface area contributed by atoms with Crippen molar-refractivity contribution in [2.24, 2.45) is 11.8 Å². The second kappa shape index (κ2) is 11.5. The van der Waals surface area contributed by atoms with E-state index in [1.54, 1.807) is 0 Å². The average Bonchev–Trinajstić information content (AvgIpc) is 2.63. The lowest BCUT2D eigenvalue weighted by atomic mass is 9.83. The minimum atomic E-state index is 0. The van der Waals surface area contributed by atoms with Gasteiger partial charge in [0.2, 0.25) is 5.91 Å². The topological polar surface area (TPSA) is 32.3 Å². The third-order valence-electron chi connectivity index (χ3n) is 5.57. The van der Waals surface area contributed by atoms with E-state index in [1.807, 2.05) is 6.07 Å². The summed E-state index contributed by atoms with van der Waals surface area (Å²) in [5.74, 6) is 1.53. The number of likely N-dealkylation sites (N-methyl/N-ethyl adjacent to an activating group) is 1. The third kappa shape index (κ3) is 6.63. The Balaban J connectivity index is 0.00000312. The summed E-state index contributed by atoms with van der Waals surface area (Å²) < 4.78 is 0. The van der Waals surface area contributed by atoms with E-state index in [4.69, 9.17) is 0 Å². The molecule has 1 aromatic carbocycles. The van der Waals surface area contributed by atoms with Crippen molar-refractivity contribution in [1.29, 1.82) is 0 Å². The molecule has 3 nitrogen and oxygen atoms in total. The van der Waals surface area contributed by atoms with E-state index >= 15 is 0 Å². The van der Waals surface area contributed by atoms with Gasteiger partial charge in [0.05, 0.1) is 0 Å². The maximum absolute atomic E-state index is 12.9. The molecule has 0 aliphatic carbocycles. The molecular formula is C21H35ClN2O. The first-order chi connectivity index (χ1) is 11.7. The Morgan fingerprint density at radius 1 is 1.20 bits per heavy atom. The van der Waals surface area contributed by atoms with Crippen molar-refractivity contribution in [3.8, 4) is 0 Å². The molecule has 1 aromatic rings. The van der Waals surface area contributed by atoms with Gasteiger partial charge in [-0.2, -0.15) is 0 Å². The molecule has 0 aromatic heterocycles. The normalized spacial score (nSPS) is 17.4. The van der Waals surface area contributed by atoms with Gasteiger partial charge in [0.25, 0.3) is 0 Å². The third-order valence-corrected chi connectivity index (χ3v) is 5.57. The van der Waals surface area contributed by atoms with Crippen molar-refractivity contribution in [2.45, 2.75) is 58.9 Å². The van der Waals surface area contributed by atoms with Crippen LogP contribution in [-0.2, 0) is 11.2 Å². The Bertz CT molecular complexity index is 488. The van der Waals surface area contributed by atoms with Gasteiger partial charge in [-0.25, -0.2) is 0 Å². The van der Waals surface area contributed by atoms with Crippen LogP contribution >= 0.6 is 12.4 Å². The molecule has 1 N–H and O–H groups in total. The minimum Gasteiger partial charge on any atom is -0.340 e. The minimum absolute atomic E-state index is 0. The van der Waals surface area contributed by atoms with E-state index < -0.39 is 0 Å². The number of carbonyl (C=O) groups is 1. The summed E-state index contributed by atoms with van der Waals surface area (Å²) in [6, 6.07) is 10.9. The number of amides is 1. The Morgan fingerprint density at radius 2 is 1.84 bits per heavy atom. The largest absolute Gasteiger partial charge is 0.340 e. The monoisotopic (exact) mass is 366 g/mol. The predicted octanol–water partition coefficient (Wildman–Crippen LogP) is 4.30. The van der Waals surface area contributed by atoms with Crippen LogP contribution in [0.15, 0.2) is 30.3 Å². The van der Waals surface area contributed by atoms with Crippen LogP contribution in [0.5, 0.6) is 0 Å². The molecule has 1 amide bonds. The van der Waals surface area contributed by atoms with Gasteiger partial charge in [-0.15, -0.1) is 12.4 Å². The van der Waals surface area contributed by atoms with Crippen LogP contribution in [0.1, 0.15) is 52.0 Å². The SMILES string of the molecule is CCC(Cc1ccccc1)N(CC)C(=O)CC(C)C1CCNCC1.Cl. The van der Waals surface area contributed by atoms with Crippen molar-refractivity contribution < 1.29 is 4.79 Å². The number of nitrogens with zero attached hydrogens (tertiary/aromatic N) is 1. The second-order valence-corrected chi connectivity index (χ2v) is 7.20. The average molecular weight is 367 g/mol. The van der Waals surface area contributed by atoms with Gasteiger partial charge in [0.15, 0.2) is 0 Å². The lowest BCUT2D eigenvalue weighted by Gasteiger charge is -2.33. The molecule has 25 heavy (non-hydrogen) atoms. The zero-order valence-electron chi connectivity index (χ0n) is 16.0. The highest BCUT2D eigenvalue weighted by molar-refractivity contribution is 5.85. The molecule has 4 heteroatoms. The summed E-state index contributed by atoms with van der Waals surface area (Å²) in [6.07, 6.45) is 5.09. The number of hydrogen-bond acceptors (Lipinski definition) is 2. The Morgan fingerprint density at radius 3 is 2.40 bits per heavy atom. The summed E-state index contributed by atoms with van der Waals surface area (Å²) in [7, 11) is 0. The standard InChI is InChI=1S/C21H34N2O.ClH/c1-4-20(16-18-9-7-6-8-10-18)23(5-2)21(24)15-17(3)19-11-13-22-14-12-19;/h6-10,17,19-20,22H,4-5,11-16H2,1-3H3;1H. The number of halogens is 1. The fraction of sp³-hybridized carbons (Fsp3) is 0.667. The molecule has 1 fully saturated rings. The number of benzene rings is 1. The molecule has 0 saturated carbocycles. The highest BCUT2D eigenvalue weighted by atomic mass is 35.5. The van der Waals surface area contributed by atoms with Crippen LogP contribution in [0.4, 0.5) is 0 Å². The van der Waals surface area contributed by atoms with Crippen LogP contribution in [0.2, 0.25) is 0 Å². The van der Waals surface area contributed by atoms with Gasteiger partial charge in [-0.3, -0.25) is 4.79 Å². The molecule has 1 heterocycles. The van der Waals surface area contributed by atoms with Gasteiger partial charge in [-0.1, -0.05) is 44.2 Å². The van der Waals surface area contributed by atoms with Crippen LogP contribution in [-0.4, -0.2) is 36.5 Å². The Labute approximate surface area is 160 Å². The highest BCUT2D eigenvalue weighted by Crippen LogP contribution is 2.25. The van der Waals surface area contributed by atoms with Crippen molar-refractivity contribution in [3.63, 3.8) is 0 Å². The molecule has 1 aliphatic heterocycles. The van der Waals surface area contributed by atoms with E-state index in [-0.39, 0.29) is 12.4 Å². The van der Waals surface area contributed by atoms with E-state index in [0.717, 1.165) is 32.5 Å². The summed E-state index contributed by atoms with van der Waals surface area (Å²) in [6.45, 7) is 9.59. The summed E-state index contributed by atoms with van der Waals surface area (Å²) >= 11 is 0. The van der Waals surface area contributed by atoms with Gasteiger partial charge in [0.1, 0.15) is 0 Å².